The Bertz CT molecular complexity index is 850. The van der Waals surface area contributed by atoms with E-state index in [1.165, 1.54) is 0 Å². The predicted octanol–water partition coefficient (Wildman–Crippen LogP) is 2.41. The number of anilines is 1. The van der Waals surface area contributed by atoms with Gasteiger partial charge in [0.1, 0.15) is 11.5 Å². The summed E-state index contributed by atoms with van der Waals surface area (Å²) in [6.07, 6.45) is 6.85. The number of aromatic amines is 1. The monoisotopic (exact) mass is 296 g/mol. The summed E-state index contributed by atoms with van der Waals surface area (Å²) in [5.74, 6) is -0.00346. The number of H-pyrrole nitrogens is 1. The smallest absolute Gasteiger partial charge is 0.306 e. The molecule has 6 heteroatoms. The number of piperidine rings is 1. The van der Waals surface area contributed by atoms with E-state index in [9.17, 15) is 4.79 Å². The molecule has 1 saturated heterocycles. The summed E-state index contributed by atoms with van der Waals surface area (Å²) < 4.78 is 0. The summed E-state index contributed by atoms with van der Waals surface area (Å²) in [7, 11) is 0. The molecule has 0 amide bonds. The maximum absolute atomic E-state index is 11.1. The molecule has 0 spiro atoms. The zero-order chi connectivity index (χ0) is 15.1. The van der Waals surface area contributed by atoms with Crippen LogP contribution in [0.4, 0.5) is 5.82 Å². The fraction of sp³-hybridized carbons (Fsp3) is 0.312. The van der Waals surface area contributed by atoms with Crippen molar-refractivity contribution < 1.29 is 9.90 Å². The molecule has 0 unspecified atom stereocenters. The number of hydrogen-bond acceptors (Lipinski definition) is 4. The molecule has 112 valence electrons. The normalized spacial score (nSPS) is 16.5. The van der Waals surface area contributed by atoms with E-state index < -0.39 is 5.97 Å². The minimum absolute atomic E-state index is 0.236. The lowest BCUT2D eigenvalue weighted by Gasteiger charge is -2.31. The van der Waals surface area contributed by atoms with Crippen LogP contribution in [0.1, 0.15) is 12.8 Å². The molecule has 1 aliphatic heterocycles. The van der Waals surface area contributed by atoms with Gasteiger partial charge in [-0.25, -0.2) is 9.97 Å². The van der Waals surface area contributed by atoms with Gasteiger partial charge < -0.3 is 15.0 Å². The van der Waals surface area contributed by atoms with Crippen LogP contribution in [0.15, 0.2) is 30.7 Å². The lowest BCUT2D eigenvalue weighted by Crippen LogP contribution is -2.36. The molecule has 0 saturated carbocycles. The van der Waals surface area contributed by atoms with E-state index in [0.717, 1.165) is 40.7 Å². The second kappa shape index (κ2) is 4.98. The highest BCUT2D eigenvalue weighted by molar-refractivity contribution is 6.10. The quantitative estimate of drug-likeness (QED) is 0.759. The Morgan fingerprint density at radius 2 is 2.09 bits per heavy atom. The van der Waals surface area contributed by atoms with Gasteiger partial charge >= 0.3 is 5.97 Å². The largest absolute Gasteiger partial charge is 0.481 e. The summed E-state index contributed by atoms with van der Waals surface area (Å²) in [6, 6.07) is 3.97. The predicted molar refractivity (Wildman–Crippen MR) is 84.0 cm³/mol. The third-order valence-electron chi connectivity index (χ3n) is 4.43. The van der Waals surface area contributed by atoms with Crippen LogP contribution < -0.4 is 4.90 Å². The maximum Gasteiger partial charge on any atom is 0.306 e. The molecule has 1 fully saturated rings. The molecular formula is C16H16N4O2. The van der Waals surface area contributed by atoms with Gasteiger partial charge in [-0.2, -0.15) is 0 Å². The molecule has 0 aliphatic carbocycles. The van der Waals surface area contributed by atoms with Crippen LogP contribution in [0.5, 0.6) is 0 Å². The van der Waals surface area contributed by atoms with Gasteiger partial charge in [0.25, 0.3) is 0 Å². The van der Waals surface area contributed by atoms with E-state index in [1.54, 1.807) is 6.20 Å². The van der Waals surface area contributed by atoms with Crippen molar-refractivity contribution in [3.8, 4) is 0 Å². The van der Waals surface area contributed by atoms with E-state index >= 15 is 0 Å². The van der Waals surface area contributed by atoms with Gasteiger partial charge in [0.05, 0.1) is 5.92 Å². The number of nitrogens with one attached hydrogen (secondary N) is 1. The number of hydrogen-bond donors (Lipinski definition) is 2. The van der Waals surface area contributed by atoms with E-state index in [1.807, 2.05) is 24.5 Å². The van der Waals surface area contributed by atoms with E-state index in [2.05, 4.69) is 19.9 Å². The Balaban J connectivity index is 1.79. The highest BCUT2D eigenvalue weighted by Crippen LogP contribution is 2.32. The molecule has 0 bridgehead atoms. The first kappa shape index (κ1) is 13.1. The second-order valence-corrected chi connectivity index (χ2v) is 5.70. The number of rotatable bonds is 2. The zero-order valence-electron chi connectivity index (χ0n) is 12.0. The van der Waals surface area contributed by atoms with Crippen LogP contribution in [0.2, 0.25) is 0 Å². The molecule has 4 rings (SSSR count). The van der Waals surface area contributed by atoms with Crippen molar-refractivity contribution in [2.75, 3.05) is 18.0 Å². The van der Waals surface area contributed by atoms with Gasteiger partial charge in [-0.3, -0.25) is 4.79 Å². The minimum Gasteiger partial charge on any atom is -0.481 e. The molecule has 2 N–H and O–H groups in total. The molecule has 0 atom stereocenters. The number of pyridine rings is 2. The first-order chi connectivity index (χ1) is 10.7. The molecule has 22 heavy (non-hydrogen) atoms. The summed E-state index contributed by atoms with van der Waals surface area (Å²) >= 11 is 0. The van der Waals surface area contributed by atoms with Crippen molar-refractivity contribution in [3.63, 3.8) is 0 Å². The lowest BCUT2D eigenvalue weighted by molar-refractivity contribution is -0.142. The first-order valence-electron chi connectivity index (χ1n) is 7.42. The molecule has 0 aromatic carbocycles. The number of fused-ring (bicyclic) bond motifs is 3. The molecular weight excluding hydrogens is 280 g/mol. The Morgan fingerprint density at radius 1 is 1.27 bits per heavy atom. The average molecular weight is 296 g/mol. The van der Waals surface area contributed by atoms with Crippen molar-refractivity contribution in [1.29, 1.82) is 0 Å². The third-order valence-corrected chi connectivity index (χ3v) is 4.43. The van der Waals surface area contributed by atoms with Crippen molar-refractivity contribution in [2.45, 2.75) is 12.8 Å². The number of nitrogens with zero attached hydrogens (tertiary/aromatic N) is 3. The number of carboxylic acid groups (broad SMARTS) is 1. The van der Waals surface area contributed by atoms with E-state index in [4.69, 9.17) is 5.11 Å². The van der Waals surface area contributed by atoms with Gasteiger partial charge in [-0.05, 0) is 25.0 Å². The zero-order valence-corrected chi connectivity index (χ0v) is 12.0. The number of carboxylic acids is 1. The van der Waals surface area contributed by atoms with Crippen molar-refractivity contribution >= 4 is 33.6 Å². The molecule has 3 aromatic heterocycles. The van der Waals surface area contributed by atoms with Crippen LogP contribution in [0.3, 0.4) is 0 Å². The van der Waals surface area contributed by atoms with Gasteiger partial charge in [-0.1, -0.05) is 0 Å². The first-order valence-corrected chi connectivity index (χ1v) is 7.42. The highest BCUT2D eigenvalue weighted by atomic mass is 16.4. The van der Waals surface area contributed by atoms with Crippen LogP contribution in [0.25, 0.3) is 21.8 Å². The van der Waals surface area contributed by atoms with Gasteiger partial charge in [-0.15, -0.1) is 0 Å². The lowest BCUT2D eigenvalue weighted by atomic mass is 9.97. The van der Waals surface area contributed by atoms with Crippen LogP contribution in [-0.4, -0.2) is 39.1 Å². The van der Waals surface area contributed by atoms with Crippen molar-refractivity contribution in [3.05, 3.63) is 30.7 Å². The Kier molecular flexibility index (Phi) is 2.96. The molecule has 6 nitrogen and oxygen atoms in total. The number of carbonyl (C=O) groups is 1. The Labute approximate surface area is 126 Å². The summed E-state index contributed by atoms with van der Waals surface area (Å²) in [5, 5.41) is 12.3. The summed E-state index contributed by atoms with van der Waals surface area (Å²) in [5.41, 5.74) is 0.849. The van der Waals surface area contributed by atoms with Gasteiger partial charge in [0, 0.05) is 47.8 Å². The number of aromatic nitrogens is 3. The number of aliphatic carboxylic acids is 1. The second-order valence-electron chi connectivity index (χ2n) is 5.70. The van der Waals surface area contributed by atoms with Gasteiger partial charge in [0.15, 0.2) is 0 Å². The maximum atomic E-state index is 11.1. The standard InChI is InChI=1S/C16H16N4O2/c21-16(22)10-3-7-20(8-4-10)15-13-11(1-5-18-15)9-19-14-12(13)2-6-17-14/h1-2,5-6,9-10H,3-4,7-8H2,(H,17,19)(H,21,22). The van der Waals surface area contributed by atoms with Crippen LogP contribution in [0, 0.1) is 5.92 Å². The van der Waals surface area contributed by atoms with Crippen LogP contribution in [-0.2, 0) is 4.79 Å². The third kappa shape index (κ3) is 1.99. The SMILES string of the molecule is O=C(O)C1CCN(c2nccc3cnc4[nH]ccc4c23)CC1. The summed E-state index contributed by atoms with van der Waals surface area (Å²) in [6.45, 7) is 1.44. The molecule has 1 aliphatic rings. The molecule has 3 aromatic rings. The average Bonchev–Trinajstić information content (AvgIpc) is 3.03. The topological polar surface area (TPSA) is 82.1 Å². The molecule has 4 heterocycles. The van der Waals surface area contributed by atoms with E-state index in [0.29, 0.717) is 12.8 Å². The summed E-state index contributed by atoms with van der Waals surface area (Å²) in [4.78, 5) is 25.4. The van der Waals surface area contributed by atoms with Crippen LogP contribution >= 0.6 is 0 Å². The highest BCUT2D eigenvalue weighted by Gasteiger charge is 2.26. The molecule has 0 radical (unpaired) electrons. The van der Waals surface area contributed by atoms with E-state index in [-0.39, 0.29) is 5.92 Å². The Morgan fingerprint density at radius 3 is 2.86 bits per heavy atom. The minimum atomic E-state index is -0.692. The Hall–Kier alpha value is -2.63. The van der Waals surface area contributed by atoms with Crippen molar-refractivity contribution in [1.82, 2.24) is 15.0 Å². The fourth-order valence-corrected chi connectivity index (χ4v) is 3.23. The van der Waals surface area contributed by atoms with Crippen molar-refractivity contribution in [2.24, 2.45) is 5.92 Å². The fourth-order valence-electron chi connectivity index (χ4n) is 3.23. The van der Waals surface area contributed by atoms with Gasteiger partial charge in [0.2, 0.25) is 0 Å².